The van der Waals surface area contributed by atoms with Crippen molar-refractivity contribution in [2.75, 3.05) is 6.61 Å². The van der Waals surface area contributed by atoms with Gasteiger partial charge < -0.3 is 4.74 Å². The number of hydrogen-bond donors (Lipinski definition) is 0. The van der Waals surface area contributed by atoms with Crippen LogP contribution in [0.2, 0.25) is 0 Å². The van der Waals surface area contributed by atoms with Crippen molar-refractivity contribution >= 4 is 40.6 Å². The lowest BCUT2D eigenvalue weighted by Crippen LogP contribution is -2.16. The molecule has 1 aromatic carbocycles. The fourth-order valence-corrected chi connectivity index (χ4v) is 1.12. The Bertz CT molecular complexity index is 427. The minimum atomic E-state index is -1.98. The second-order valence-corrected chi connectivity index (χ2v) is 5.39. The predicted molar refractivity (Wildman–Crippen MR) is 69.2 cm³/mol. The van der Waals surface area contributed by atoms with Gasteiger partial charge in [0.15, 0.2) is 0 Å². The van der Waals surface area contributed by atoms with Crippen molar-refractivity contribution in [1.82, 2.24) is 0 Å². The molecule has 0 fully saturated rings. The van der Waals surface area contributed by atoms with E-state index in [4.69, 9.17) is 39.5 Å². The van der Waals surface area contributed by atoms with Gasteiger partial charge in [-0.15, -0.1) is 0 Å². The third-order valence-electron chi connectivity index (χ3n) is 1.75. The molecule has 0 bridgehead atoms. The Morgan fingerprint density at radius 1 is 1.24 bits per heavy atom. The lowest BCUT2D eigenvalue weighted by molar-refractivity contribution is -0.113. The van der Waals surface area contributed by atoms with Crippen LogP contribution in [-0.4, -0.2) is 16.2 Å². The van der Waals surface area contributed by atoms with E-state index >= 15 is 0 Å². The maximum Gasteiger partial charge on any atom is 0.261 e. The first-order valence-electron chi connectivity index (χ1n) is 4.72. The Kier molecular flexibility index (Phi) is 5.80. The Morgan fingerprint density at radius 2 is 1.88 bits per heavy atom. The standard InChI is InChI=1S/C12H9Cl3O2/c13-12(14,15)11(16)7-4-8-17-9-10-5-2-1-3-6-10/h1-3,5-6H,8-9H2. The topological polar surface area (TPSA) is 26.3 Å². The van der Waals surface area contributed by atoms with Crippen molar-refractivity contribution in [3.8, 4) is 11.8 Å². The first kappa shape index (κ1) is 14.3. The quantitative estimate of drug-likeness (QED) is 0.370. The Labute approximate surface area is 115 Å². The second-order valence-electron chi connectivity index (χ2n) is 3.11. The molecule has 0 heterocycles. The van der Waals surface area contributed by atoms with Crippen molar-refractivity contribution in [2.45, 2.75) is 10.4 Å². The van der Waals surface area contributed by atoms with Crippen LogP contribution in [0.25, 0.3) is 0 Å². The van der Waals surface area contributed by atoms with Crippen LogP contribution in [0.4, 0.5) is 0 Å². The molecule has 17 heavy (non-hydrogen) atoms. The largest absolute Gasteiger partial charge is 0.364 e. The smallest absolute Gasteiger partial charge is 0.261 e. The number of rotatable bonds is 3. The minimum absolute atomic E-state index is 0.112. The molecule has 0 saturated carbocycles. The SMILES string of the molecule is O=C(C#CCOCc1ccccc1)C(Cl)(Cl)Cl. The molecule has 0 N–H and O–H groups in total. The molecule has 0 amide bonds. The number of halogens is 3. The van der Waals surface area contributed by atoms with E-state index in [-0.39, 0.29) is 6.61 Å². The van der Waals surface area contributed by atoms with Crippen LogP contribution < -0.4 is 0 Å². The van der Waals surface area contributed by atoms with Crippen LogP contribution in [0.15, 0.2) is 30.3 Å². The summed E-state index contributed by atoms with van der Waals surface area (Å²) >= 11 is 16.0. The molecular weight excluding hydrogens is 282 g/mol. The molecule has 0 aromatic heterocycles. The highest BCUT2D eigenvalue weighted by atomic mass is 35.6. The van der Waals surface area contributed by atoms with Crippen molar-refractivity contribution in [1.29, 1.82) is 0 Å². The molecule has 0 aliphatic heterocycles. The van der Waals surface area contributed by atoms with Crippen LogP contribution in [-0.2, 0) is 16.1 Å². The number of Topliss-reactive ketones (excluding diaryl/α,β-unsaturated/α-hetero) is 1. The molecule has 0 atom stereocenters. The molecule has 0 radical (unpaired) electrons. The average molecular weight is 292 g/mol. The van der Waals surface area contributed by atoms with E-state index in [9.17, 15) is 4.79 Å². The first-order valence-corrected chi connectivity index (χ1v) is 5.85. The third-order valence-corrected chi connectivity index (χ3v) is 2.26. The zero-order valence-electron chi connectivity index (χ0n) is 8.75. The van der Waals surface area contributed by atoms with Crippen molar-refractivity contribution in [3.05, 3.63) is 35.9 Å². The Morgan fingerprint density at radius 3 is 2.47 bits per heavy atom. The fraction of sp³-hybridized carbons (Fsp3) is 0.250. The van der Waals surface area contributed by atoms with Gasteiger partial charge in [-0.05, 0) is 11.5 Å². The molecule has 2 nitrogen and oxygen atoms in total. The van der Waals surface area contributed by atoms with E-state index in [1.165, 1.54) is 0 Å². The molecule has 90 valence electrons. The summed E-state index contributed by atoms with van der Waals surface area (Å²) in [5, 5.41) is 0. The van der Waals surface area contributed by atoms with Crippen molar-refractivity contribution < 1.29 is 9.53 Å². The molecule has 0 aliphatic rings. The summed E-state index contributed by atoms with van der Waals surface area (Å²) in [6, 6.07) is 9.61. The van der Waals surface area contributed by atoms with Gasteiger partial charge in [-0.3, -0.25) is 4.79 Å². The van der Waals surface area contributed by atoms with Gasteiger partial charge in [-0.25, -0.2) is 0 Å². The highest BCUT2D eigenvalue weighted by Crippen LogP contribution is 2.26. The predicted octanol–water partition coefficient (Wildman–Crippen LogP) is 3.15. The van der Waals surface area contributed by atoms with Gasteiger partial charge in [-0.2, -0.15) is 0 Å². The molecule has 0 aliphatic carbocycles. The second kappa shape index (κ2) is 6.88. The summed E-state index contributed by atoms with van der Waals surface area (Å²) in [5.74, 6) is 3.93. The van der Waals surface area contributed by atoms with Gasteiger partial charge in [0.2, 0.25) is 0 Å². The van der Waals surface area contributed by atoms with E-state index in [0.717, 1.165) is 5.56 Å². The van der Waals surface area contributed by atoms with Gasteiger partial charge in [0, 0.05) is 0 Å². The minimum Gasteiger partial charge on any atom is -0.364 e. The number of carbonyl (C=O) groups excluding carboxylic acids is 1. The number of ether oxygens (including phenoxy) is 1. The Hall–Kier alpha value is -0.720. The van der Waals surface area contributed by atoms with E-state index in [0.29, 0.717) is 6.61 Å². The van der Waals surface area contributed by atoms with E-state index in [2.05, 4.69) is 11.8 Å². The first-order chi connectivity index (χ1) is 8.00. The third kappa shape index (κ3) is 5.95. The number of ketones is 1. The highest BCUT2D eigenvalue weighted by Gasteiger charge is 2.28. The number of alkyl halides is 3. The van der Waals surface area contributed by atoms with Gasteiger partial charge in [-0.1, -0.05) is 71.1 Å². The number of benzene rings is 1. The highest BCUT2D eigenvalue weighted by molar-refractivity contribution is 6.77. The molecule has 5 heteroatoms. The molecular formula is C12H9Cl3O2. The average Bonchev–Trinajstić information content (AvgIpc) is 2.28. The van der Waals surface area contributed by atoms with Crippen molar-refractivity contribution in [2.24, 2.45) is 0 Å². The maximum absolute atomic E-state index is 11.1. The van der Waals surface area contributed by atoms with Gasteiger partial charge in [0.05, 0.1) is 6.61 Å². The zero-order chi connectivity index (χ0) is 12.7. The van der Waals surface area contributed by atoms with Crippen LogP contribution in [0.3, 0.4) is 0 Å². The summed E-state index contributed by atoms with van der Waals surface area (Å²) in [4.78, 5) is 11.1. The van der Waals surface area contributed by atoms with Crippen LogP contribution >= 0.6 is 34.8 Å². The van der Waals surface area contributed by atoms with Gasteiger partial charge in [0.1, 0.15) is 6.61 Å². The van der Waals surface area contributed by atoms with E-state index in [1.807, 2.05) is 30.3 Å². The molecule has 1 aromatic rings. The van der Waals surface area contributed by atoms with Crippen molar-refractivity contribution in [3.63, 3.8) is 0 Å². The van der Waals surface area contributed by atoms with Crippen LogP contribution in [0, 0.1) is 11.8 Å². The number of hydrogen-bond acceptors (Lipinski definition) is 2. The molecule has 0 saturated heterocycles. The summed E-state index contributed by atoms with van der Waals surface area (Å²) in [5.41, 5.74) is 1.03. The number of carbonyl (C=O) groups is 1. The lowest BCUT2D eigenvalue weighted by atomic mass is 10.2. The maximum atomic E-state index is 11.1. The summed E-state index contributed by atoms with van der Waals surface area (Å²) < 4.78 is 3.25. The van der Waals surface area contributed by atoms with Crippen LogP contribution in [0.1, 0.15) is 5.56 Å². The monoisotopic (exact) mass is 290 g/mol. The summed E-state index contributed by atoms with van der Waals surface area (Å²) in [6.07, 6.45) is 0. The van der Waals surface area contributed by atoms with E-state index in [1.54, 1.807) is 0 Å². The zero-order valence-corrected chi connectivity index (χ0v) is 11.0. The molecule has 0 unspecified atom stereocenters. The summed E-state index contributed by atoms with van der Waals surface area (Å²) in [7, 11) is 0. The summed E-state index contributed by atoms with van der Waals surface area (Å²) in [6.45, 7) is 0.541. The normalized spacial score (nSPS) is 10.5. The van der Waals surface area contributed by atoms with Gasteiger partial charge in [0.25, 0.3) is 9.58 Å². The molecule has 0 spiro atoms. The Balaban J connectivity index is 2.30. The van der Waals surface area contributed by atoms with Crippen LogP contribution in [0.5, 0.6) is 0 Å². The lowest BCUT2D eigenvalue weighted by Gasteiger charge is -2.02. The molecule has 1 rings (SSSR count). The van der Waals surface area contributed by atoms with Gasteiger partial charge >= 0.3 is 0 Å². The van der Waals surface area contributed by atoms with E-state index < -0.39 is 9.58 Å². The fourth-order valence-electron chi connectivity index (χ4n) is 0.981.